The summed E-state index contributed by atoms with van der Waals surface area (Å²) in [6, 6.07) is 12.1. The fraction of sp³-hybridized carbons (Fsp3) is 0.308. The zero-order valence-corrected chi connectivity index (χ0v) is 9.39. The van der Waals surface area contributed by atoms with Crippen LogP contribution in [0.15, 0.2) is 40.9 Å². The lowest BCUT2D eigenvalue weighted by Crippen LogP contribution is -2.21. The van der Waals surface area contributed by atoms with Crippen molar-refractivity contribution in [3.63, 3.8) is 0 Å². The van der Waals surface area contributed by atoms with Crippen molar-refractivity contribution >= 4 is 0 Å². The molecule has 0 radical (unpaired) electrons. The molecular formula is C13H16N2O. The molecule has 3 heteroatoms. The number of aromatic nitrogens is 1. The number of rotatable bonds is 4. The van der Waals surface area contributed by atoms with Gasteiger partial charge in [-0.1, -0.05) is 42.4 Å². The fourth-order valence-electron chi connectivity index (χ4n) is 1.56. The van der Waals surface area contributed by atoms with E-state index < -0.39 is 0 Å². The third-order valence-electron chi connectivity index (χ3n) is 2.61. The molecule has 3 nitrogen and oxygen atoms in total. The van der Waals surface area contributed by atoms with Crippen LogP contribution in [0, 0.1) is 0 Å². The van der Waals surface area contributed by atoms with Gasteiger partial charge in [-0.2, -0.15) is 0 Å². The highest BCUT2D eigenvalue weighted by Crippen LogP contribution is 2.20. The first-order valence-corrected chi connectivity index (χ1v) is 5.56. The summed E-state index contributed by atoms with van der Waals surface area (Å²) in [4.78, 5) is 0. The first-order valence-electron chi connectivity index (χ1n) is 5.56. The van der Waals surface area contributed by atoms with Gasteiger partial charge in [0.05, 0.1) is 5.69 Å². The number of hydrogen-bond donors (Lipinski definition) is 1. The Kier molecular flexibility index (Phi) is 3.37. The van der Waals surface area contributed by atoms with Crippen LogP contribution in [0.2, 0.25) is 0 Å². The summed E-state index contributed by atoms with van der Waals surface area (Å²) in [6.45, 7) is 2.07. The van der Waals surface area contributed by atoms with E-state index in [0.717, 1.165) is 29.9 Å². The first-order chi connectivity index (χ1) is 7.79. The predicted octanol–water partition coefficient (Wildman–Crippen LogP) is 2.62. The van der Waals surface area contributed by atoms with Gasteiger partial charge >= 0.3 is 0 Å². The van der Waals surface area contributed by atoms with Crippen molar-refractivity contribution < 1.29 is 4.52 Å². The second-order valence-electron chi connectivity index (χ2n) is 3.92. The minimum absolute atomic E-state index is 0.161. The minimum Gasteiger partial charge on any atom is -0.356 e. The molecule has 0 saturated carbocycles. The van der Waals surface area contributed by atoms with Crippen LogP contribution in [0.3, 0.4) is 0 Å². The third-order valence-corrected chi connectivity index (χ3v) is 2.61. The molecule has 0 spiro atoms. The van der Waals surface area contributed by atoms with Crippen molar-refractivity contribution in [2.45, 2.75) is 25.8 Å². The number of benzene rings is 1. The molecule has 2 N–H and O–H groups in total. The van der Waals surface area contributed by atoms with E-state index in [1.54, 1.807) is 0 Å². The molecule has 1 heterocycles. The molecule has 0 amide bonds. The van der Waals surface area contributed by atoms with Gasteiger partial charge in [0.1, 0.15) is 0 Å². The molecule has 0 aliphatic rings. The smallest absolute Gasteiger partial charge is 0.167 e. The molecule has 0 bridgehead atoms. The summed E-state index contributed by atoms with van der Waals surface area (Å²) in [5.41, 5.74) is 7.84. The van der Waals surface area contributed by atoms with Crippen LogP contribution in [-0.4, -0.2) is 11.2 Å². The van der Waals surface area contributed by atoms with Crippen LogP contribution < -0.4 is 5.73 Å². The molecule has 0 saturated heterocycles. The van der Waals surface area contributed by atoms with Crippen molar-refractivity contribution in [2.75, 3.05) is 0 Å². The first kappa shape index (κ1) is 10.9. The Labute approximate surface area is 95.3 Å². The molecule has 0 aliphatic carbocycles. The van der Waals surface area contributed by atoms with Gasteiger partial charge in [-0.15, -0.1) is 0 Å². The average molecular weight is 216 g/mol. The van der Waals surface area contributed by atoms with E-state index in [0.29, 0.717) is 0 Å². The van der Waals surface area contributed by atoms with Gasteiger partial charge in [-0.05, 0) is 6.42 Å². The Morgan fingerprint density at radius 3 is 2.75 bits per heavy atom. The highest BCUT2D eigenvalue weighted by Gasteiger charge is 2.08. The van der Waals surface area contributed by atoms with Gasteiger partial charge in [-0.25, -0.2) is 0 Å². The van der Waals surface area contributed by atoms with Gasteiger partial charge in [0.25, 0.3) is 0 Å². The molecule has 0 aliphatic heterocycles. The lowest BCUT2D eigenvalue weighted by atomic mass is 10.1. The molecule has 1 atom stereocenters. The van der Waals surface area contributed by atoms with Crippen molar-refractivity contribution in [3.05, 3.63) is 42.1 Å². The van der Waals surface area contributed by atoms with Gasteiger partial charge in [0, 0.05) is 24.1 Å². The Morgan fingerprint density at radius 2 is 2.06 bits per heavy atom. The Balaban J connectivity index is 2.14. The van der Waals surface area contributed by atoms with Gasteiger partial charge in [0.2, 0.25) is 0 Å². The molecule has 1 aromatic carbocycles. The number of nitrogens with two attached hydrogens (primary N) is 1. The summed E-state index contributed by atoms with van der Waals surface area (Å²) in [5, 5.41) is 4.03. The average Bonchev–Trinajstić information content (AvgIpc) is 2.78. The Bertz CT molecular complexity index is 436. The largest absolute Gasteiger partial charge is 0.356 e. The lowest BCUT2D eigenvalue weighted by Gasteiger charge is -2.03. The van der Waals surface area contributed by atoms with Crippen LogP contribution in [-0.2, 0) is 6.42 Å². The number of hydrogen-bond acceptors (Lipinski definition) is 3. The molecule has 2 aromatic rings. The molecule has 1 unspecified atom stereocenters. The fourth-order valence-corrected chi connectivity index (χ4v) is 1.56. The molecule has 2 rings (SSSR count). The molecule has 0 fully saturated rings. The highest BCUT2D eigenvalue weighted by molar-refractivity contribution is 5.56. The predicted molar refractivity (Wildman–Crippen MR) is 63.9 cm³/mol. The van der Waals surface area contributed by atoms with Crippen molar-refractivity contribution in [3.8, 4) is 11.3 Å². The van der Waals surface area contributed by atoms with Crippen LogP contribution in [0.5, 0.6) is 0 Å². The van der Waals surface area contributed by atoms with Gasteiger partial charge < -0.3 is 10.3 Å². The summed E-state index contributed by atoms with van der Waals surface area (Å²) < 4.78 is 5.29. The Morgan fingerprint density at radius 1 is 1.31 bits per heavy atom. The maximum atomic E-state index is 5.87. The molecule has 16 heavy (non-hydrogen) atoms. The van der Waals surface area contributed by atoms with Crippen molar-refractivity contribution in [1.82, 2.24) is 5.16 Å². The van der Waals surface area contributed by atoms with E-state index in [1.165, 1.54) is 0 Å². The van der Waals surface area contributed by atoms with Crippen molar-refractivity contribution in [1.29, 1.82) is 0 Å². The molecule has 1 aromatic heterocycles. The number of nitrogens with zero attached hydrogens (tertiary/aromatic N) is 1. The summed E-state index contributed by atoms with van der Waals surface area (Å²) in [6.07, 6.45) is 1.72. The second-order valence-corrected chi connectivity index (χ2v) is 3.92. The van der Waals surface area contributed by atoms with E-state index in [1.807, 2.05) is 36.4 Å². The van der Waals surface area contributed by atoms with E-state index >= 15 is 0 Å². The second kappa shape index (κ2) is 4.94. The van der Waals surface area contributed by atoms with E-state index in [9.17, 15) is 0 Å². The highest BCUT2D eigenvalue weighted by atomic mass is 16.5. The van der Waals surface area contributed by atoms with Crippen molar-refractivity contribution in [2.24, 2.45) is 5.73 Å². The zero-order chi connectivity index (χ0) is 11.4. The summed E-state index contributed by atoms with van der Waals surface area (Å²) >= 11 is 0. The molecular weight excluding hydrogens is 200 g/mol. The van der Waals surface area contributed by atoms with Crippen LogP contribution in [0.4, 0.5) is 0 Å². The van der Waals surface area contributed by atoms with E-state index in [4.69, 9.17) is 10.3 Å². The molecule has 84 valence electrons. The van der Waals surface area contributed by atoms with Crippen LogP contribution in [0.25, 0.3) is 11.3 Å². The normalized spacial score (nSPS) is 12.6. The van der Waals surface area contributed by atoms with Crippen LogP contribution in [0.1, 0.15) is 19.0 Å². The standard InChI is InChI=1S/C13H16N2O/c1-2-11(14)8-12-9-13(16-15-12)10-6-4-3-5-7-10/h3-7,9,11H,2,8,14H2,1H3. The maximum Gasteiger partial charge on any atom is 0.167 e. The lowest BCUT2D eigenvalue weighted by molar-refractivity contribution is 0.420. The SMILES string of the molecule is CCC(N)Cc1cc(-c2ccccc2)on1. The monoisotopic (exact) mass is 216 g/mol. The third kappa shape index (κ3) is 2.49. The summed E-state index contributed by atoms with van der Waals surface area (Å²) in [7, 11) is 0. The summed E-state index contributed by atoms with van der Waals surface area (Å²) in [5.74, 6) is 0.805. The maximum absolute atomic E-state index is 5.87. The van der Waals surface area contributed by atoms with Gasteiger partial charge in [0.15, 0.2) is 5.76 Å². The van der Waals surface area contributed by atoms with Gasteiger partial charge in [-0.3, -0.25) is 0 Å². The quantitative estimate of drug-likeness (QED) is 0.854. The zero-order valence-electron chi connectivity index (χ0n) is 9.39. The Hall–Kier alpha value is -1.61. The minimum atomic E-state index is 0.161. The van der Waals surface area contributed by atoms with E-state index in [-0.39, 0.29) is 6.04 Å². The van der Waals surface area contributed by atoms with Crippen LogP contribution >= 0.6 is 0 Å². The van der Waals surface area contributed by atoms with E-state index in [2.05, 4.69) is 12.1 Å². The topological polar surface area (TPSA) is 52.0 Å².